The molecule has 1 saturated heterocycles. The molecule has 16 aromatic carbocycles. The van der Waals surface area contributed by atoms with E-state index in [4.69, 9.17) is 7.41 Å². The van der Waals surface area contributed by atoms with Gasteiger partial charge in [0.25, 0.3) is 0 Å². The molecular formula is C92H62BBr2N4O. The smallest absolute Gasteiger partial charge is 0.0643 e. The van der Waals surface area contributed by atoms with Crippen LogP contribution in [0.25, 0.3) is 186 Å². The largest absolute Gasteiger partial charge is 0.381 e. The first-order chi connectivity index (χ1) is 50.3. The Kier molecular flexibility index (Phi) is 13.9. The van der Waals surface area contributed by atoms with E-state index >= 15 is 0 Å². The number of nitrogens with zero attached hydrogens (tertiary/aromatic N) is 4. The van der Waals surface area contributed by atoms with Gasteiger partial charge in [0.15, 0.2) is 0 Å². The molecule has 5 heterocycles. The van der Waals surface area contributed by atoms with E-state index in [0.29, 0.717) is 8.34 Å². The Morgan fingerprint density at radius 1 is 0.240 bits per heavy atom. The van der Waals surface area contributed by atoms with E-state index < -0.39 is 0 Å². The van der Waals surface area contributed by atoms with Gasteiger partial charge in [-0.05, 0) is 238 Å². The van der Waals surface area contributed by atoms with E-state index in [9.17, 15) is 0 Å². The predicted octanol–water partition coefficient (Wildman–Crippen LogP) is 25.1. The Morgan fingerprint density at radius 3 is 0.690 bits per heavy atom. The van der Waals surface area contributed by atoms with E-state index in [0.717, 1.165) is 44.7 Å². The zero-order valence-corrected chi connectivity index (χ0v) is 57.6. The van der Waals surface area contributed by atoms with Crippen LogP contribution in [0.4, 0.5) is 0 Å². The molecule has 22 rings (SSSR count). The molecule has 0 N–H and O–H groups in total. The fourth-order valence-corrected chi connectivity index (χ4v) is 17.3. The van der Waals surface area contributed by atoms with Crippen molar-refractivity contribution in [3.8, 4) is 56.1 Å². The number of fused-ring (bicyclic) bond motifs is 20. The van der Waals surface area contributed by atoms with Crippen LogP contribution in [0.5, 0.6) is 0 Å². The Hall–Kier alpha value is -11.3. The predicted molar refractivity (Wildman–Crippen MR) is 434 cm³/mol. The molecule has 1 fully saturated rings. The summed E-state index contributed by atoms with van der Waals surface area (Å²) in [5.74, 6) is 0. The number of hydrogen-bond donors (Lipinski definition) is 0. The van der Waals surface area contributed by atoms with Gasteiger partial charge in [-0.25, -0.2) is 0 Å². The molecule has 0 atom stereocenters. The summed E-state index contributed by atoms with van der Waals surface area (Å²) in [6, 6.07) is 116. The third kappa shape index (κ3) is 9.60. The van der Waals surface area contributed by atoms with Crippen molar-refractivity contribution in [1.82, 2.24) is 18.3 Å². The molecule has 0 saturated carbocycles. The molecule has 100 heavy (non-hydrogen) atoms. The Labute approximate surface area is 598 Å². The minimum Gasteiger partial charge on any atom is -0.381 e. The third-order valence-electron chi connectivity index (χ3n) is 20.8. The van der Waals surface area contributed by atoms with Crippen molar-refractivity contribution in [1.29, 1.82) is 2.67 Å². The normalized spacial score (nSPS) is 12.8. The van der Waals surface area contributed by atoms with Gasteiger partial charge in [-0.15, -0.1) is 0 Å². The molecule has 2 aliphatic rings. The van der Waals surface area contributed by atoms with Crippen LogP contribution in [-0.4, -0.2) is 42.5 Å². The van der Waals surface area contributed by atoms with E-state index in [2.05, 4.69) is 366 Å². The van der Waals surface area contributed by atoms with Crippen molar-refractivity contribution in [3.63, 3.8) is 0 Å². The summed E-state index contributed by atoms with van der Waals surface area (Å²) in [7, 11) is 0.500. The summed E-state index contributed by atoms with van der Waals surface area (Å²) in [6.07, 6.45) is 2.56. The number of ether oxygens (including phenoxy) is 1. The topological polar surface area (TPSA) is 28.9 Å². The molecule has 0 bridgehead atoms. The van der Waals surface area contributed by atoms with Crippen molar-refractivity contribution in [3.05, 3.63) is 324 Å². The summed E-state index contributed by atoms with van der Waals surface area (Å²) in [6.45, 7) is 2.00. The van der Waals surface area contributed by atoms with Gasteiger partial charge in [-0.1, -0.05) is 202 Å². The molecule has 0 amide bonds. The Balaban J connectivity index is 0.000000128. The fraction of sp³-hybridized carbons (Fsp3) is 0.0435. The van der Waals surface area contributed by atoms with Crippen molar-refractivity contribution in [2.75, 3.05) is 13.2 Å². The van der Waals surface area contributed by atoms with E-state index in [1.807, 2.05) is 0 Å². The van der Waals surface area contributed by atoms with Crippen LogP contribution in [-0.2, 0) is 4.74 Å². The van der Waals surface area contributed by atoms with Crippen molar-refractivity contribution in [2.24, 2.45) is 0 Å². The Morgan fingerprint density at radius 2 is 0.440 bits per heavy atom. The van der Waals surface area contributed by atoms with Crippen LogP contribution >= 0.6 is 31.9 Å². The number of halogens is 2. The molecule has 0 spiro atoms. The summed E-state index contributed by atoms with van der Waals surface area (Å²) in [5.41, 5.74) is 22.2. The second-order valence-electron chi connectivity index (χ2n) is 26.4. The van der Waals surface area contributed by atoms with Crippen LogP contribution in [0, 0.1) is 0 Å². The molecule has 1 aliphatic heterocycles. The molecule has 1 aliphatic carbocycles. The highest BCUT2D eigenvalue weighted by molar-refractivity contribution is 9.11. The van der Waals surface area contributed by atoms with Crippen LogP contribution < -0.4 is 0 Å². The monoisotopic (exact) mass is 1410 g/mol. The van der Waals surface area contributed by atoms with Gasteiger partial charge >= 0.3 is 0 Å². The minimum absolute atomic E-state index is 0.500. The second-order valence-corrected chi connectivity index (χ2v) is 28.1. The average Bonchev–Trinajstić information content (AvgIpc) is 1.15. The number of para-hydroxylation sites is 8. The highest BCUT2D eigenvalue weighted by atomic mass is 79.9. The quantitative estimate of drug-likeness (QED) is 0.158. The highest BCUT2D eigenvalue weighted by Crippen LogP contribution is 2.51. The minimum atomic E-state index is 0.500. The van der Waals surface area contributed by atoms with Crippen LogP contribution in [0.1, 0.15) is 12.8 Å². The SMILES string of the molecule is Brc1cc2cc(-n3c4ccccc4c4ccccc43)ccc2cc1-c1cc2cc(-n3c4ccccc4c4ccccc43)ccc2cc1Br.C1CCOC1.[2H][B][2H].c1ccc2c(c1)c1ccccc1n2-c1ccc2cc3c(cc2c1)-c1cc2ccc(-n4c5ccccc5c5ccccc54)cc2cc1-3. The first kappa shape index (κ1) is 57.8. The zero-order chi connectivity index (χ0) is 68.1. The summed E-state index contributed by atoms with van der Waals surface area (Å²) >= 11 is 7.90. The van der Waals surface area contributed by atoms with Crippen LogP contribution in [0.3, 0.4) is 0 Å². The van der Waals surface area contributed by atoms with Crippen LogP contribution in [0.15, 0.2) is 324 Å². The van der Waals surface area contributed by atoms with E-state index in [1.165, 1.54) is 177 Å². The van der Waals surface area contributed by atoms with Gasteiger partial charge < -0.3 is 23.0 Å². The standard InChI is InChI=1S/C44H26Br2N2.C44H26N2.C4H8O.BH2/c45-39-25-28-18-20-31(47-41-13-5-1-9-33(41)34-10-2-6-14-42(34)47)21-29(28)24-38(39)37-23-27-17-19-32(22-30(27)26-40(37)46)48-43-15-7-3-11-35(43)36-12-4-8-16-44(36)48;1-5-13-41-33(9-1)34-10-2-6-14-42(34)45(41)31-19-17-27-23-37-39(25-29(27)21-31)38-24-28-18-20-32(22-30(28)26-40(37)38)46-43-15-7-3-11-35(43)36-12-4-8-16-44(36)46;1-2-4-5-3-1;/h1-26H;1-26H;1-4H2;1H2/i;;;1D2. The first-order valence-electron chi connectivity index (χ1n) is 35.2. The van der Waals surface area contributed by atoms with Gasteiger partial charge in [0.2, 0.25) is 0 Å². The van der Waals surface area contributed by atoms with Gasteiger partial charge in [-0.2, -0.15) is 0 Å². The van der Waals surface area contributed by atoms with Crippen molar-refractivity contribution >= 4 is 171 Å². The van der Waals surface area contributed by atoms with Crippen LogP contribution in [0.2, 0.25) is 0 Å². The van der Waals surface area contributed by atoms with Crippen molar-refractivity contribution < 1.29 is 4.74 Å². The lowest BCUT2D eigenvalue weighted by atomic mass is 9.78. The van der Waals surface area contributed by atoms with E-state index in [1.54, 1.807) is 0 Å². The lowest BCUT2D eigenvalue weighted by Gasteiger charge is -2.26. The molecule has 1 radical (unpaired) electrons. The first-order valence-corrected chi connectivity index (χ1v) is 35.7. The lowest BCUT2D eigenvalue weighted by Crippen LogP contribution is -2.00. The van der Waals surface area contributed by atoms with Gasteiger partial charge in [0.1, 0.15) is 0 Å². The maximum Gasteiger partial charge on any atom is 0.0643 e. The van der Waals surface area contributed by atoms with E-state index in [-0.39, 0.29) is 0 Å². The molecule has 8 heteroatoms. The number of rotatable bonds is 5. The lowest BCUT2D eigenvalue weighted by molar-refractivity contribution is 0.198. The number of benzene rings is 16. The fourth-order valence-electron chi connectivity index (χ4n) is 16.2. The second kappa shape index (κ2) is 24.0. The number of aromatic nitrogens is 4. The molecule has 0 unspecified atom stereocenters. The average molecular weight is 1410 g/mol. The maximum absolute atomic E-state index is 5.75. The zero-order valence-electron chi connectivity index (χ0n) is 56.4. The summed E-state index contributed by atoms with van der Waals surface area (Å²) in [4.78, 5) is 0. The van der Waals surface area contributed by atoms with Gasteiger partial charge in [-0.3, -0.25) is 0 Å². The highest BCUT2D eigenvalue weighted by Gasteiger charge is 2.25. The molecule has 5 nitrogen and oxygen atoms in total. The number of hydrogen-bond acceptors (Lipinski definition) is 1. The van der Waals surface area contributed by atoms with Gasteiger partial charge in [0, 0.05) is 88.0 Å². The molecule has 473 valence electrons. The third-order valence-corrected chi connectivity index (χ3v) is 22.1. The molecular weight excluding hydrogens is 1350 g/mol. The summed E-state index contributed by atoms with van der Waals surface area (Å²) < 4.78 is 28.1. The maximum atomic E-state index is 5.75. The van der Waals surface area contributed by atoms with Crippen molar-refractivity contribution in [2.45, 2.75) is 12.8 Å². The molecule has 4 aromatic heterocycles. The van der Waals surface area contributed by atoms with Gasteiger partial charge in [0.05, 0.1) is 52.5 Å². The Bertz CT molecular complexity index is 6360. The summed E-state index contributed by atoms with van der Waals surface area (Å²) in [5, 5.41) is 20.1. The molecule has 20 aromatic rings.